The van der Waals surface area contributed by atoms with Crippen LogP contribution in [0.4, 0.5) is 10.1 Å². The van der Waals surface area contributed by atoms with Gasteiger partial charge < -0.3 is 4.90 Å². The molecule has 0 aliphatic rings. The summed E-state index contributed by atoms with van der Waals surface area (Å²) in [6, 6.07) is 25.4. The van der Waals surface area contributed by atoms with E-state index in [9.17, 15) is 9.18 Å². The Morgan fingerprint density at radius 3 is 2.27 bits per heavy atom. The Kier molecular flexibility index (Phi) is 5.90. The number of benzene rings is 3. The molecule has 0 aliphatic heterocycles. The topological polar surface area (TPSA) is 51.0 Å². The fourth-order valence-corrected chi connectivity index (χ4v) is 3.87. The number of carbonyl (C=O) groups is 1. The van der Waals surface area contributed by atoms with Crippen LogP contribution in [0.5, 0.6) is 0 Å². The van der Waals surface area contributed by atoms with Crippen molar-refractivity contribution in [1.29, 1.82) is 0 Å². The van der Waals surface area contributed by atoms with E-state index in [0.717, 1.165) is 11.4 Å². The van der Waals surface area contributed by atoms with Crippen LogP contribution < -0.4 is 4.90 Å². The number of anilines is 1. The summed E-state index contributed by atoms with van der Waals surface area (Å²) in [5.74, 6) is 0.124. The standard InChI is InChI=1S/C23H19FN4OS/c1-27(17-10-4-2-5-11-17)21(29)16-30-23-26-25-22(19-14-8-9-15-20(19)24)28(23)18-12-6-3-7-13-18/h2-15H,16H2,1H3. The van der Waals surface area contributed by atoms with E-state index in [1.165, 1.54) is 17.8 Å². The minimum absolute atomic E-state index is 0.0683. The van der Waals surface area contributed by atoms with Gasteiger partial charge in [0.2, 0.25) is 5.91 Å². The lowest BCUT2D eigenvalue weighted by molar-refractivity contribution is -0.115. The van der Waals surface area contributed by atoms with Crippen LogP contribution in [-0.2, 0) is 4.79 Å². The molecule has 1 heterocycles. The molecule has 30 heavy (non-hydrogen) atoms. The van der Waals surface area contributed by atoms with Gasteiger partial charge in [0.1, 0.15) is 5.82 Å². The quantitative estimate of drug-likeness (QED) is 0.421. The molecule has 1 aromatic heterocycles. The summed E-state index contributed by atoms with van der Waals surface area (Å²) in [6.45, 7) is 0. The van der Waals surface area contributed by atoms with Crippen LogP contribution in [0, 0.1) is 5.82 Å². The van der Waals surface area contributed by atoms with E-state index in [4.69, 9.17) is 0 Å². The zero-order chi connectivity index (χ0) is 20.9. The second kappa shape index (κ2) is 8.92. The molecule has 150 valence electrons. The lowest BCUT2D eigenvalue weighted by Gasteiger charge is -2.17. The Morgan fingerprint density at radius 1 is 0.933 bits per heavy atom. The van der Waals surface area contributed by atoms with Gasteiger partial charge in [0.15, 0.2) is 11.0 Å². The highest BCUT2D eigenvalue weighted by Crippen LogP contribution is 2.29. The number of rotatable bonds is 6. The van der Waals surface area contributed by atoms with E-state index in [1.54, 1.807) is 34.7 Å². The van der Waals surface area contributed by atoms with Crippen LogP contribution in [0.2, 0.25) is 0 Å². The van der Waals surface area contributed by atoms with E-state index in [2.05, 4.69) is 10.2 Å². The van der Waals surface area contributed by atoms with Crippen molar-refractivity contribution in [2.75, 3.05) is 17.7 Å². The summed E-state index contributed by atoms with van der Waals surface area (Å²) in [5.41, 5.74) is 1.97. The number of amides is 1. The number of para-hydroxylation sites is 2. The zero-order valence-corrected chi connectivity index (χ0v) is 17.1. The van der Waals surface area contributed by atoms with Gasteiger partial charge in [-0.15, -0.1) is 10.2 Å². The fourth-order valence-electron chi connectivity index (χ4n) is 3.01. The molecular formula is C23H19FN4OS. The Labute approximate surface area is 178 Å². The maximum absolute atomic E-state index is 14.4. The Morgan fingerprint density at radius 2 is 1.57 bits per heavy atom. The number of nitrogens with zero attached hydrogens (tertiary/aromatic N) is 4. The molecule has 0 spiro atoms. The normalized spacial score (nSPS) is 10.7. The predicted octanol–water partition coefficient (Wildman–Crippen LogP) is 4.83. The van der Waals surface area contributed by atoms with Crippen molar-refractivity contribution >= 4 is 23.4 Å². The molecule has 4 rings (SSSR count). The summed E-state index contributed by atoms with van der Waals surface area (Å²) in [7, 11) is 1.74. The molecule has 3 aromatic carbocycles. The van der Waals surface area contributed by atoms with E-state index in [0.29, 0.717) is 16.5 Å². The van der Waals surface area contributed by atoms with Crippen molar-refractivity contribution in [2.45, 2.75) is 5.16 Å². The first kappa shape index (κ1) is 19.8. The Bertz CT molecular complexity index is 1150. The second-order valence-electron chi connectivity index (χ2n) is 6.53. The van der Waals surface area contributed by atoms with Gasteiger partial charge in [0, 0.05) is 18.4 Å². The van der Waals surface area contributed by atoms with Crippen LogP contribution >= 0.6 is 11.8 Å². The van der Waals surface area contributed by atoms with Crippen molar-refractivity contribution in [3.8, 4) is 17.1 Å². The molecule has 0 saturated heterocycles. The molecule has 1 amide bonds. The minimum atomic E-state index is -0.376. The molecule has 0 radical (unpaired) electrons. The third-order valence-corrected chi connectivity index (χ3v) is 5.52. The average molecular weight is 418 g/mol. The van der Waals surface area contributed by atoms with E-state index < -0.39 is 0 Å². The molecule has 0 fully saturated rings. The van der Waals surface area contributed by atoms with Gasteiger partial charge in [-0.1, -0.05) is 60.3 Å². The van der Waals surface area contributed by atoms with E-state index >= 15 is 0 Å². The number of hydrogen-bond acceptors (Lipinski definition) is 4. The van der Waals surface area contributed by atoms with Gasteiger partial charge >= 0.3 is 0 Å². The van der Waals surface area contributed by atoms with Gasteiger partial charge in [0.05, 0.1) is 11.3 Å². The molecule has 0 bridgehead atoms. The van der Waals surface area contributed by atoms with E-state index in [-0.39, 0.29) is 17.5 Å². The summed E-state index contributed by atoms with van der Waals surface area (Å²) in [4.78, 5) is 14.3. The molecule has 0 N–H and O–H groups in total. The highest BCUT2D eigenvalue weighted by atomic mass is 32.2. The number of aromatic nitrogens is 3. The van der Waals surface area contributed by atoms with Crippen molar-refractivity contribution < 1.29 is 9.18 Å². The van der Waals surface area contributed by atoms with Crippen molar-refractivity contribution in [1.82, 2.24) is 14.8 Å². The predicted molar refractivity (Wildman–Crippen MR) is 117 cm³/mol. The minimum Gasteiger partial charge on any atom is -0.315 e. The maximum atomic E-state index is 14.4. The SMILES string of the molecule is CN(C(=O)CSc1nnc(-c2ccccc2F)n1-c1ccccc1)c1ccccc1. The molecule has 0 aliphatic carbocycles. The number of hydrogen-bond donors (Lipinski definition) is 0. The zero-order valence-electron chi connectivity index (χ0n) is 16.3. The van der Waals surface area contributed by atoms with E-state index in [1.807, 2.05) is 60.7 Å². The first-order chi connectivity index (χ1) is 14.6. The molecule has 0 saturated carbocycles. The second-order valence-corrected chi connectivity index (χ2v) is 7.48. The van der Waals surface area contributed by atoms with Gasteiger partial charge in [0.25, 0.3) is 0 Å². The van der Waals surface area contributed by atoms with Gasteiger partial charge in [-0.3, -0.25) is 9.36 Å². The number of thioether (sulfide) groups is 1. The lowest BCUT2D eigenvalue weighted by atomic mass is 10.2. The smallest absolute Gasteiger partial charge is 0.237 e. The highest BCUT2D eigenvalue weighted by Gasteiger charge is 2.20. The van der Waals surface area contributed by atoms with Crippen LogP contribution in [0.15, 0.2) is 90.1 Å². The van der Waals surface area contributed by atoms with Gasteiger partial charge in [-0.05, 0) is 36.4 Å². The average Bonchev–Trinajstić information content (AvgIpc) is 3.22. The molecule has 0 atom stereocenters. The molecular weight excluding hydrogens is 399 g/mol. The van der Waals surface area contributed by atoms with Crippen molar-refractivity contribution in [3.63, 3.8) is 0 Å². The third kappa shape index (κ3) is 4.11. The highest BCUT2D eigenvalue weighted by molar-refractivity contribution is 7.99. The summed E-state index contributed by atoms with van der Waals surface area (Å²) < 4.78 is 16.2. The molecule has 7 heteroatoms. The molecule has 4 aromatic rings. The van der Waals surface area contributed by atoms with Crippen LogP contribution in [-0.4, -0.2) is 33.5 Å². The maximum Gasteiger partial charge on any atom is 0.237 e. The fraction of sp³-hybridized carbons (Fsp3) is 0.0870. The van der Waals surface area contributed by atoms with Crippen LogP contribution in [0.1, 0.15) is 0 Å². The van der Waals surface area contributed by atoms with Gasteiger partial charge in [-0.25, -0.2) is 4.39 Å². The summed E-state index contributed by atoms with van der Waals surface area (Å²) >= 11 is 1.27. The largest absolute Gasteiger partial charge is 0.315 e. The Hall–Kier alpha value is -3.45. The number of carbonyl (C=O) groups excluding carboxylic acids is 1. The third-order valence-electron chi connectivity index (χ3n) is 4.60. The lowest BCUT2D eigenvalue weighted by Crippen LogP contribution is -2.27. The van der Waals surface area contributed by atoms with Gasteiger partial charge in [-0.2, -0.15) is 0 Å². The Balaban J connectivity index is 1.64. The molecule has 5 nitrogen and oxygen atoms in total. The number of halogens is 1. The summed E-state index contributed by atoms with van der Waals surface area (Å²) in [6.07, 6.45) is 0. The molecule has 0 unspecified atom stereocenters. The summed E-state index contributed by atoms with van der Waals surface area (Å²) in [5, 5.41) is 9.01. The monoisotopic (exact) mass is 418 g/mol. The van der Waals surface area contributed by atoms with Crippen molar-refractivity contribution in [3.05, 3.63) is 90.7 Å². The first-order valence-corrected chi connectivity index (χ1v) is 10.3. The van der Waals surface area contributed by atoms with Crippen LogP contribution in [0.3, 0.4) is 0 Å². The van der Waals surface area contributed by atoms with Crippen molar-refractivity contribution in [2.24, 2.45) is 0 Å². The first-order valence-electron chi connectivity index (χ1n) is 9.35. The van der Waals surface area contributed by atoms with Crippen LogP contribution in [0.25, 0.3) is 17.1 Å².